The van der Waals surface area contributed by atoms with Gasteiger partial charge in [0.15, 0.2) is 11.3 Å². The average molecular weight is 232 g/mol. The zero-order chi connectivity index (χ0) is 12.0. The van der Waals surface area contributed by atoms with Crippen molar-refractivity contribution in [2.75, 3.05) is 13.2 Å². The summed E-state index contributed by atoms with van der Waals surface area (Å²) in [5, 5.41) is 0. The van der Waals surface area contributed by atoms with Gasteiger partial charge in [-0.15, -0.1) is 0 Å². The Balaban J connectivity index is 1.72. The standard InChI is InChI=1S/C13H12O4/c1-7(2)6-15-4-3-8-10-5-9-12(16-10)11(8)17-13(9)14/h5H,1,3-4,6H2,2H3. The molecular weight excluding hydrogens is 220 g/mol. The van der Waals surface area contributed by atoms with Crippen LogP contribution in [0.3, 0.4) is 0 Å². The number of benzene rings is 1. The van der Waals surface area contributed by atoms with Crippen LogP contribution >= 0.6 is 0 Å². The quantitative estimate of drug-likeness (QED) is 0.451. The van der Waals surface area contributed by atoms with Crippen LogP contribution in [0, 0.1) is 0 Å². The topological polar surface area (TPSA) is 48.7 Å². The zero-order valence-corrected chi connectivity index (χ0v) is 9.54. The summed E-state index contributed by atoms with van der Waals surface area (Å²) in [5.74, 6) is 0.268. The van der Waals surface area contributed by atoms with Crippen molar-refractivity contribution in [2.24, 2.45) is 0 Å². The molecule has 0 unspecified atom stereocenters. The SMILES string of the molecule is C=C(C)COCCc1c2c3oc1cc3C(=O)O2. The molecule has 1 aliphatic rings. The van der Waals surface area contributed by atoms with Gasteiger partial charge in [-0.05, 0) is 13.0 Å². The van der Waals surface area contributed by atoms with Crippen molar-refractivity contribution in [3.63, 3.8) is 0 Å². The molecule has 0 saturated carbocycles. The Hall–Kier alpha value is -1.81. The molecule has 2 bridgehead atoms. The van der Waals surface area contributed by atoms with E-state index >= 15 is 0 Å². The summed E-state index contributed by atoms with van der Waals surface area (Å²) in [6.07, 6.45) is 0.679. The van der Waals surface area contributed by atoms with E-state index in [1.54, 1.807) is 6.07 Å². The Morgan fingerprint density at radius 1 is 1.53 bits per heavy atom. The van der Waals surface area contributed by atoms with Crippen LogP contribution in [0.25, 0.3) is 11.2 Å². The molecule has 4 nitrogen and oxygen atoms in total. The number of esters is 1. The van der Waals surface area contributed by atoms with Gasteiger partial charge >= 0.3 is 5.97 Å². The van der Waals surface area contributed by atoms with E-state index in [1.165, 1.54) is 0 Å². The number of ether oxygens (including phenoxy) is 2. The van der Waals surface area contributed by atoms with Crippen molar-refractivity contribution >= 4 is 17.1 Å². The van der Waals surface area contributed by atoms with Gasteiger partial charge in [0.05, 0.1) is 13.2 Å². The molecule has 0 atom stereocenters. The molecule has 1 aliphatic heterocycles. The van der Waals surface area contributed by atoms with Gasteiger partial charge in [-0.3, -0.25) is 0 Å². The predicted molar refractivity (Wildman–Crippen MR) is 61.7 cm³/mol. The Bertz CT molecular complexity index is 593. The zero-order valence-electron chi connectivity index (χ0n) is 9.54. The minimum atomic E-state index is -0.317. The lowest BCUT2D eigenvalue weighted by molar-refractivity contribution is 0.0753. The Morgan fingerprint density at radius 2 is 2.35 bits per heavy atom. The Kier molecular flexibility index (Phi) is 2.19. The van der Waals surface area contributed by atoms with Gasteiger partial charge in [0.1, 0.15) is 11.1 Å². The molecular formula is C13H12O4. The highest BCUT2D eigenvalue weighted by Gasteiger charge is 2.34. The molecule has 0 spiro atoms. The Labute approximate surface area is 98.1 Å². The van der Waals surface area contributed by atoms with Crippen LogP contribution in [-0.4, -0.2) is 19.2 Å². The highest BCUT2D eigenvalue weighted by molar-refractivity contribution is 6.09. The van der Waals surface area contributed by atoms with Gasteiger partial charge in [-0.2, -0.15) is 0 Å². The van der Waals surface area contributed by atoms with E-state index in [2.05, 4.69) is 6.58 Å². The molecule has 0 radical (unpaired) electrons. The van der Waals surface area contributed by atoms with E-state index in [4.69, 9.17) is 13.9 Å². The second-order valence-electron chi connectivity index (χ2n) is 4.31. The lowest BCUT2D eigenvalue weighted by atomic mass is 10.1. The first-order valence-electron chi connectivity index (χ1n) is 5.49. The summed E-state index contributed by atoms with van der Waals surface area (Å²) in [6.45, 7) is 6.79. The molecule has 2 aromatic rings. The smallest absolute Gasteiger partial charge is 0.347 e. The third-order valence-corrected chi connectivity index (χ3v) is 2.77. The lowest BCUT2D eigenvalue weighted by Crippen LogP contribution is -2.02. The molecule has 0 amide bonds. The minimum Gasteiger partial charge on any atom is -0.452 e. The summed E-state index contributed by atoms with van der Waals surface area (Å²) in [6, 6.07) is 1.74. The van der Waals surface area contributed by atoms with Crippen LogP contribution in [0.4, 0.5) is 0 Å². The van der Waals surface area contributed by atoms with Crippen molar-refractivity contribution in [2.45, 2.75) is 13.3 Å². The summed E-state index contributed by atoms with van der Waals surface area (Å²) in [4.78, 5) is 11.4. The van der Waals surface area contributed by atoms with Gasteiger partial charge in [0.2, 0.25) is 0 Å². The van der Waals surface area contributed by atoms with E-state index < -0.39 is 0 Å². The van der Waals surface area contributed by atoms with Gasteiger partial charge in [0.25, 0.3) is 0 Å². The van der Waals surface area contributed by atoms with E-state index in [1.807, 2.05) is 6.92 Å². The first kappa shape index (κ1) is 10.4. The fourth-order valence-corrected chi connectivity index (χ4v) is 2.02. The number of hydrogen-bond donors (Lipinski definition) is 0. The first-order valence-corrected chi connectivity index (χ1v) is 5.49. The fourth-order valence-electron chi connectivity index (χ4n) is 2.02. The maximum atomic E-state index is 11.4. The molecule has 0 N–H and O–H groups in total. The van der Waals surface area contributed by atoms with Crippen molar-refractivity contribution in [3.05, 3.63) is 29.3 Å². The minimum absolute atomic E-state index is 0.317. The third kappa shape index (κ3) is 1.52. The van der Waals surface area contributed by atoms with E-state index in [-0.39, 0.29) is 5.97 Å². The fraction of sp³-hybridized carbons (Fsp3) is 0.308. The maximum absolute atomic E-state index is 11.4. The molecule has 17 heavy (non-hydrogen) atoms. The molecule has 0 saturated heterocycles. The van der Waals surface area contributed by atoms with Crippen molar-refractivity contribution in [3.8, 4) is 5.75 Å². The lowest BCUT2D eigenvalue weighted by Gasteiger charge is -2.03. The van der Waals surface area contributed by atoms with Crippen LogP contribution in [0.15, 0.2) is 22.6 Å². The maximum Gasteiger partial charge on any atom is 0.347 e. The van der Waals surface area contributed by atoms with E-state index in [9.17, 15) is 4.79 Å². The van der Waals surface area contributed by atoms with Crippen molar-refractivity contribution in [1.29, 1.82) is 0 Å². The number of rotatable bonds is 5. The van der Waals surface area contributed by atoms with Gasteiger partial charge in [-0.1, -0.05) is 12.2 Å². The summed E-state index contributed by atoms with van der Waals surface area (Å²) < 4.78 is 16.0. The second kappa shape index (κ2) is 3.60. The summed E-state index contributed by atoms with van der Waals surface area (Å²) in [7, 11) is 0. The number of hydrogen-bond acceptors (Lipinski definition) is 4. The monoisotopic (exact) mass is 232 g/mol. The molecule has 0 aromatic carbocycles. The first-order chi connectivity index (χ1) is 8.16. The van der Waals surface area contributed by atoms with Gasteiger partial charge < -0.3 is 13.9 Å². The Morgan fingerprint density at radius 3 is 3.12 bits per heavy atom. The molecule has 0 fully saturated rings. The van der Waals surface area contributed by atoms with Crippen molar-refractivity contribution < 1.29 is 18.7 Å². The van der Waals surface area contributed by atoms with Crippen LogP contribution < -0.4 is 4.74 Å². The highest BCUT2D eigenvalue weighted by atomic mass is 16.6. The third-order valence-electron chi connectivity index (χ3n) is 2.77. The number of furan rings is 2. The summed E-state index contributed by atoms with van der Waals surface area (Å²) in [5.41, 5.74) is 3.77. The van der Waals surface area contributed by atoms with Crippen LogP contribution in [0.2, 0.25) is 0 Å². The molecule has 4 heteroatoms. The van der Waals surface area contributed by atoms with Crippen molar-refractivity contribution in [1.82, 2.24) is 0 Å². The predicted octanol–water partition coefficient (Wildman–Crippen LogP) is 2.54. The highest BCUT2D eigenvalue weighted by Crippen LogP contribution is 2.43. The number of carbonyl (C=O) groups is 1. The molecule has 3 heterocycles. The second-order valence-corrected chi connectivity index (χ2v) is 4.31. The summed E-state index contributed by atoms with van der Waals surface area (Å²) >= 11 is 0. The van der Waals surface area contributed by atoms with E-state index in [0.29, 0.717) is 36.5 Å². The average Bonchev–Trinajstić information content (AvgIpc) is 2.86. The number of fused-ring (bicyclic) bond motifs is 1. The normalized spacial score (nSPS) is 13.6. The van der Waals surface area contributed by atoms with Crippen LogP contribution in [0.5, 0.6) is 5.75 Å². The van der Waals surface area contributed by atoms with Crippen LogP contribution in [0.1, 0.15) is 22.8 Å². The largest absolute Gasteiger partial charge is 0.452 e. The molecule has 88 valence electrons. The van der Waals surface area contributed by atoms with Gasteiger partial charge in [0, 0.05) is 12.0 Å². The van der Waals surface area contributed by atoms with Crippen LogP contribution in [-0.2, 0) is 11.2 Å². The van der Waals surface area contributed by atoms with E-state index in [0.717, 1.165) is 16.7 Å². The number of carbonyl (C=O) groups excluding carboxylic acids is 1. The molecule has 3 rings (SSSR count). The molecule has 2 aromatic heterocycles. The van der Waals surface area contributed by atoms with Gasteiger partial charge in [-0.25, -0.2) is 4.79 Å². The molecule has 0 aliphatic carbocycles.